The molecule has 1 aromatic rings. The maximum Gasteiger partial charge on any atom is 0.443 e. The predicted molar refractivity (Wildman–Crippen MR) is 46.2 cm³/mol. The average Bonchev–Trinajstić information content (AvgIpc) is 2.47. The van der Waals surface area contributed by atoms with E-state index < -0.39 is 11.2 Å². The van der Waals surface area contributed by atoms with E-state index in [9.17, 15) is 13.2 Å². The van der Waals surface area contributed by atoms with Crippen molar-refractivity contribution in [3.63, 3.8) is 0 Å². The molecule has 0 aromatic carbocycles. The van der Waals surface area contributed by atoms with Crippen molar-refractivity contribution >= 4 is 22.9 Å². The Labute approximate surface area is 82.6 Å². The highest BCUT2D eigenvalue weighted by molar-refractivity contribution is 7.11. The van der Waals surface area contributed by atoms with Gasteiger partial charge < -0.3 is 0 Å². The maximum atomic E-state index is 12.0. The number of aryl methyl sites for hydroxylation is 1. The number of hydrogen-bond donors (Lipinski definition) is 0. The van der Waals surface area contributed by atoms with E-state index in [2.05, 4.69) is 4.98 Å². The molecule has 0 aliphatic heterocycles. The van der Waals surface area contributed by atoms with Gasteiger partial charge in [0.2, 0.25) is 0 Å². The van der Waals surface area contributed by atoms with Crippen molar-refractivity contribution in [2.45, 2.75) is 19.0 Å². The minimum Gasteiger partial charge on any atom is -0.240 e. The molecule has 0 radical (unpaired) electrons. The minimum absolute atomic E-state index is 0.458. The number of nitrogens with zero attached hydrogens (tertiary/aromatic N) is 1. The summed E-state index contributed by atoms with van der Waals surface area (Å²) >= 11 is 6.10. The van der Waals surface area contributed by atoms with Crippen LogP contribution in [-0.2, 0) is 12.6 Å². The van der Waals surface area contributed by atoms with Crippen molar-refractivity contribution in [2.24, 2.45) is 0 Å². The van der Waals surface area contributed by atoms with Gasteiger partial charge in [0.1, 0.15) is 0 Å². The van der Waals surface area contributed by atoms with E-state index in [0.717, 1.165) is 0 Å². The number of halogens is 4. The van der Waals surface area contributed by atoms with E-state index in [1.165, 1.54) is 6.20 Å². The first kappa shape index (κ1) is 10.8. The number of hydrogen-bond acceptors (Lipinski definition) is 2. The van der Waals surface area contributed by atoms with Gasteiger partial charge >= 0.3 is 6.18 Å². The van der Waals surface area contributed by atoms with Crippen LogP contribution in [0.4, 0.5) is 13.2 Å². The molecule has 1 nitrogen and oxygen atoms in total. The molecule has 0 amide bonds. The van der Waals surface area contributed by atoms with E-state index in [1.54, 1.807) is 0 Å². The molecule has 0 bridgehead atoms. The van der Waals surface area contributed by atoms with Crippen LogP contribution in [0.2, 0.25) is 0 Å². The number of alkyl halides is 4. The van der Waals surface area contributed by atoms with Crippen molar-refractivity contribution in [1.29, 1.82) is 0 Å². The van der Waals surface area contributed by atoms with Crippen molar-refractivity contribution in [3.8, 4) is 0 Å². The molecular weight excluding hydrogens is 223 g/mol. The summed E-state index contributed by atoms with van der Waals surface area (Å²) in [6.07, 6.45) is -1.80. The second-order valence-corrected chi connectivity index (χ2v) is 3.92. The van der Waals surface area contributed by atoms with Gasteiger partial charge in [0.25, 0.3) is 0 Å². The van der Waals surface area contributed by atoms with Gasteiger partial charge in [-0.05, 0) is 12.8 Å². The molecular formula is C7H7ClF3NS. The third kappa shape index (κ3) is 3.15. The molecule has 1 heterocycles. The molecule has 0 saturated carbocycles. The molecule has 6 heteroatoms. The van der Waals surface area contributed by atoms with E-state index in [1.807, 2.05) is 0 Å². The lowest BCUT2D eigenvalue weighted by Crippen LogP contribution is -2.02. The van der Waals surface area contributed by atoms with E-state index in [4.69, 9.17) is 11.6 Å². The highest BCUT2D eigenvalue weighted by Crippen LogP contribution is 2.32. The normalized spacial score (nSPS) is 12.0. The van der Waals surface area contributed by atoms with Crippen molar-refractivity contribution in [1.82, 2.24) is 4.98 Å². The molecule has 0 spiro atoms. The molecule has 0 fully saturated rings. The van der Waals surface area contributed by atoms with Crippen molar-refractivity contribution in [3.05, 3.63) is 16.1 Å². The van der Waals surface area contributed by atoms with Crippen LogP contribution in [0.1, 0.15) is 16.3 Å². The third-order valence-corrected chi connectivity index (χ3v) is 2.72. The van der Waals surface area contributed by atoms with Crippen LogP contribution in [0.25, 0.3) is 0 Å². The summed E-state index contributed by atoms with van der Waals surface area (Å²) in [4.78, 5) is 3.92. The molecule has 0 saturated heterocycles. The van der Waals surface area contributed by atoms with Gasteiger partial charge in [-0.1, -0.05) is 0 Å². The molecule has 13 heavy (non-hydrogen) atoms. The quantitative estimate of drug-likeness (QED) is 0.725. The Morgan fingerprint density at radius 2 is 2.15 bits per heavy atom. The Morgan fingerprint density at radius 1 is 1.46 bits per heavy atom. The Hall–Kier alpha value is -0.290. The Balaban J connectivity index is 2.64. The summed E-state index contributed by atoms with van der Waals surface area (Å²) in [5, 5.41) is -0.780. The van der Waals surface area contributed by atoms with Crippen LogP contribution < -0.4 is 0 Å². The minimum atomic E-state index is -4.32. The molecule has 74 valence electrons. The van der Waals surface area contributed by atoms with Crippen LogP contribution in [0.3, 0.4) is 0 Å². The zero-order valence-electron chi connectivity index (χ0n) is 6.57. The lowest BCUT2D eigenvalue weighted by atomic mass is 10.3. The number of aromatic nitrogens is 1. The van der Waals surface area contributed by atoms with Crippen LogP contribution in [-0.4, -0.2) is 10.9 Å². The topological polar surface area (TPSA) is 12.9 Å². The largest absolute Gasteiger partial charge is 0.443 e. The van der Waals surface area contributed by atoms with E-state index in [-0.39, 0.29) is 0 Å². The highest BCUT2D eigenvalue weighted by Gasteiger charge is 2.34. The van der Waals surface area contributed by atoms with Crippen LogP contribution in [0.5, 0.6) is 0 Å². The fourth-order valence-electron chi connectivity index (χ4n) is 0.795. The number of thiazole rings is 1. The standard InChI is InChI=1S/C7H7ClF3NS/c8-3-1-2-5-4-12-6(13-5)7(9,10)11/h4H,1-3H2. The summed E-state index contributed by atoms with van der Waals surface area (Å²) in [6, 6.07) is 0. The highest BCUT2D eigenvalue weighted by atomic mass is 35.5. The van der Waals surface area contributed by atoms with Gasteiger partial charge in [-0.25, -0.2) is 4.98 Å². The third-order valence-electron chi connectivity index (χ3n) is 1.35. The van der Waals surface area contributed by atoms with Crippen molar-refractivity contribution in [2.75, 3.05) is 5.88 Å². The monoisotopic (exact) mass is 229 g/mol. The molecule has 0 N–H and O–H groups in total. The summed E-state index contributed by atoms with van der Waals surface area (Å²) in [7, 11) is 0. The first-order valence-electron chi connectivity index (χ1n) is 3.62. The van der Waals surface area contributed by atoms with Crippen LogP contribution in [0.15, 0.2) is 6.20 Å². The molecule has 0 aliphatic carbocycles. The van der Waals surface area contributed by atoms with Gasteiger partial charge in [-0.3, -0.25) is 0 Å². The summed E-state index contributed by atoms with van der Waals surface area (Å²) in [5.74, 6) is 0.458. The number of rotatable bonds is 3. The Kier molecular flexibility index (Phi) is 3.55. The smallest absolute Gasteiger partial charge is 0.240 e. The molecule has 0 aliphatic rings. The first-order chi connectivity index (χ1) is 6.04. The predicted octanol–water partition coefficient (Wildman–Crippen LogP) is 3.33. The lowest BCUT2D eigenvalue weighted by molar-refractivity contribution is -0.137. The van der Waals surface area contributed by atoms with Gasteiger partial charge in [0.15, 0.2) is 5.01 Å². The zero-order valence-corrected chi connectivity index (χ0v) is 8.14. The Morgan fingerprint density at radius 3 is 2.62 bits per heavy atom. The van der Waals surface area contributed by atoms with Crippen LogP contribution in [0, 0.1) is 0 Å². The van der Waals surface area contributed by atoms with Gasteiger partial charge in [0.05, 0.1) is 0 Å². The summed E-state index contributed by atoms with van der Waals surface area (Å²) < 4.78 is 36.1. The lowest BCUT2D eigenvalue weighted by Gasteiger charge is -1.98. The fraction of sp³-hybridized carbons (Fsp3) is 0.571. The fourth-order valence-corrected chi connectivity index (χ4v) is 1.75. The van der Waals surface area contributed by atoms with E-state index in [0.29, 0.717) is 34.9 Å². The molecule has 1 aromatic heterocycles. The van der Waals surface area contributed by atoms with E-state index >= 15 is 0 Å². The zero-order chi connectivity index (χ0) is 9.90. The Bertz CT molecular complexity index is 271. The summed E-state index contributed by atoms with van der Waals surface area (Å²) in [5.41, 5.74) is 0. The SMILES string of the molecule is FC(F)(F)c1ncc(CCCCl)s1. The second-order valence-electron chi connectivity index (χ2n) is 2.42. The second kappa shape index (κ2) is 4.28. The first-order valence-corrected chi connectivity index (χ1v) is 4.97. The van der Waals surface area contributed by atoms with Crippen LogP contribution >= 0.6 is 22.9 Å². The van der Waals surface area contributed by atoms with Crippen molar-refractivity contribution < 1.29 is 13.2 Å². The van der Waals surface area contributed by atoms with Gasteiger partial charge in [-0.15, -0.1) is 22.9 Å². The molecule has 1 rings (SSSR count). The maximum absolute atomic E-state index is 12.0. The molecule has 0 atom stereocenters. The summed E-state index contributed by atoms with van der Waals surface area (Å²) in [6.45, 7) is 0. The van der Waals surface area contributed by atoms with Gasteiger partial charge in [0, 0.05) is 17.0 Å². The average molecular weight is 230 g/mol. The van der Waals surface area contributed by atoms with Gasteiger partial charge in [-0.2, -0.15) is 13.2 Å². The molecule has 0 unspecified atom stereocenters.